The normalized spacial score (nSPS) is 10.6. The van der Waals surface area contributed by atoms with Crippen LogP contribution < -0.4 is 10.9 Å². The van der Waals surface area contributed by atoms with E-state index in [2.05, 4.69) is 10.9 Å². The van der Waals surface area contributed by atoms with Crippen molar-refractivity contribution < 1.29 is 4.79 Å². The maximum atomic E-state index is 12.9. The molecule has 27 heavy (non-hydrogen) atoms. The highest BCUT2D eigenvalue weighted by Gasteiger charge is 2.15. The molecule has 1 heterocycles. The van der Waals surface area contributed by atoms with Gasteiger partial charge in [-0.15, -0.1) is 0 Å². The molecule has 0 radical (unpaired) electrons. The van der Waals surface area contributed by atoms with E-state index in [1.807, 2.05) is 91.9 Å². The third-order valence-electron chi connectivity index (χ3n) is 4.45. The predicted octanol–water partition coefficient (Wildman–Crippen LogP) is 4.97. The number of para-hydroxylation sites is 2. The third-order valence-corrected chi connectivity index (χ3v) is 4.45. The lowest BCUT2D eigenvalue weighted by Gasteiger charge is -2.13. The van der Waals surface area contributed by atoms with Crippen molar-refractivity contribution in [3.63, 3.8) is 0 Å². The Morgan fingerprint density at radius 1 is 0.852 bits per heavy atom. The van der Waals surface area contributed by atoms with Crippen LogP contribution in [0.25, 0.3) is 22.2 Å². The van der Waals surface area contributed by atoms with Crippen LogP contribution in [0.3, 0.4) is 0 Å². The zero-order chi connectivity index (χ0) is 18.6. The Morgan fingerprint density at radius 3 is 2.30 bits per heavy atom. The molecule has 4 heteroatoms. The first-order valence-electron chi connectivity index (χ1n) is 8.79. The monoisotopic (exact) mass is 353 g/mol. The first-order chi connectivity index (χ1) is 13.2. The lowest BCUT2D eigenvalue weighted by Crippen LogP contribution is -2.29. The Kier molecular flexibility index (Phi) is 4.54. The molecule has 0 aliphatic rings. The van der Waals surface area contributed by atoms with Gasteiger partial charge in [-0.05, 0) is 30.7 Å². The summed E-state index contributed by atoms with van der Waals surface area (Å²) in [5, 5.41) is 0.835. The minimum absolute atomic E-state index is 0.200. The average Bonchev–Trinajstić information content (AvgIpc) is 2.73. The fraction of sp³-hybridized carbons (Fsp3) is 0.0435. The Morgan fingerprint density at radius 2 is 1.56 bits per heavy atom. The van der Waals surface area contributed by atoms with Crippen molar-refractivity contribution in [2.24, 2.45) is 0 Å². The molecule has 3 aromatic carbocycles. The summed E-state index contributed by atoms with van der Waals surface area (Å²) in [7, 11) is 0. The number of aryl methyl sites for hydroxylation is 1. The Labute approximate surface area is 157 Å². The fourth-order valence-corrected chi connectivity index (χ4v) is 3.05. The van der Waals surface area contributed by atoms with Gasteiger partial charge < -0.3 is 0 Å². The highest BCUT2D eigenvalue weighted by atomic mass is 16.2. The van der Waals surface area contributed by atoms with Crippen LogP contribution in [-0.2, 0) is 0 Å². The highest BCUT2D eigenvalue weighted by molar-refractivity contribution is 6.08. The lowest BCUT2D eigenvalue weighted by atomic mass is 10.0. The number of benzene rings is 3. The number of nitrogens with one attached hydrogen (secondary N) is 2. The Bertz CT molecular complexity index is 1090. The van der Waals surface area contributed by atoms with E-state index in [9.17, 15) is 4.79 Å². The van der Waals surface area contributed by atoms with Crippen molar-refractivity contribution in [3.8, 4) is 11.3 Å². The summed E-state index contributed by atoms with van der Waals surface area (Å²) >= 11 is 0. The molecule has 4 rings (SSSR count). The number of nitrogens with zero attached hydrogens (tertiary/aromatic N) is 1. The molecule has 4 aromatic rings. The molecule has 1 amide bonds. The van der Waals surface area contributed by atoms with Gasteiger partial charge in [0, 0.05) is 10.9 Å². The maximum absolute atomic E-state index is 12.9. The summed E-state index contributed by atoms with van der Waals surface area (Å²) < 4.78 is 0. The lowest BCUT2D eigenvalue weighted by molar-refractivity contribution is 0.0964. The standard InChI is InChI=1S/C23H19N3O/c1-16-9-8-14-19-20(23(27)26-25-18-12-6-3-7-13-18)15-21(24-22(16)19)17-10-4-2-5-11-17/h2-15,25H,1H3,(H,26,27). The zero-order valence-electron chi connectivity index (χ0n) is 14.9. The Balaban J connectivity index is 1.76. The summed E-state index contributed by atoms with van der Waals surface area (Å²) in [5.74, 6) is -0.200. The van der Waals surface area contributed by atoms with E-state index in [0.717, 1.165) is 33.4 Å². The number of hydrogen-bond donors (Lipinski definition) is 2. The van der Waals surface area contributed by atoms with Gasteiger partial charge in [0.1, 0.15) is 0 Å². The van der Waals surface area contributed by atoms with Gasteiger partial charge >= 0.3 is 0 Å². The van der Waals surface area contributed by atoms with E-state index < -0.39 is 0 Å². The molecule has 0 bridgehead atoms. The van der Waals surface area contributed by atoms with Gasteiger partial charge in [-0.1, -0.05) is 66.7 Å². The van der Waals surface area contributed by atoms with Gasteiger partial charge in [-0.25, -0.2) is 4.98 Å². The van der Waals surface area contributed by atoms with Crippen molar-refractivity contribution in [3.05, 3.63) is 96.1 Å². The van der Waals surface area contributed by atoms with Gasteiger partial charge in [0.2, 0.25) is 0 Å². The largest absolute Gasteiger partial charge is 0.298 e. The number of hydrazine groups is 1. The number of carbonyl (C=O) groups is 1. The van der Waals surface area contributed by atoms with Crippen molar-refractivity contribution in [1.82, 2.24) is 10.4 Å². The topological polar surface area (TPSA) is 54.0 Å². The van der Waals surface area contributed by atoms with E-state index in [1.165, 1.54) is 0 Å². The van der Waals surface area contributed by atoms with Gasteiger partial charge in [-0.2, -0.15) is 0 Å². The first-order valence-corrected chi connectivity index (χ1v) is 8.79. The minimum atomic E-state index is -0.200. The molecule has 2 N–H and O–H groups in total. The second-order valence-electron chi connectivity index (χ2n) is 6.34. The van der Waals surface area contributed by atoms with Crippen LogP contribution in [0.2, 0.25) is 0 Å². The summed E-state index contributed by atoms with van der Waals surface area (Å²) in [6.45, 7) is 2.01. The van der Waals surface area contributed by atoms with Crippen molar-refractivity contribution in [1.29, 1.82) is 0 Å². The number of aromatic nitrogens is 1. The number of rotatable bonds is 4. The van der Waals surface area contributed by atoms with Gasteiger partial charge in [0.05, 0.1) is 22.5 Å². The second kappa shape index (κ2) is 7.30. The molecule has 0 aliphatic carbocycles. The van der Waals surface area contributed by atoms with Gasteiger partial charge in [0.25, 0.3) is 5.91 Å². The molecule has 0 atom stereocenters. The van der Waals surface area contributed by atoms with Crippen molar-refractivity contribution in [2.45, 2.75) is 6.92 Å². The minimum Gasteiger partial charge on any atom is -0.298 e. The number of amides is 1. The zero-order valence-corrected chi connectivity index (χ0v) is 14.9. The summed E-state index contributed by atoms with van der Waals surface area (Å²) in [6.07, 6.45) is 0. The van der Waals surface area contributed by atoms with Crippen molar-refractivity contribution >= 4 is 22.5 Å². The molecule has 0 fully saturated rings. The molecule has 0 spiro atoms. The van der Waals surface area contributed by atoms with Crippen LogP contribution in [0.4, 0.5) is 5.69 Å². The number of hydrogen-bond acceptors (Lipinski definition) is 3. The third kappa shape index (κ3) is 3.51. The summed E-state index contributed by atoms with van der Waals surface area (Å²) in [6, 6.07) is 27.2. The maximum Gasteiger partial charge on any atom is 0.270 e. The van der Waals surface area contributed by atoms with Crippen LogP contribution in [0, 0.1) is 6.92 Å². The number of pyridine rings is 1. The Hall–Kier alpha value is -3.66. The molecule has 132 valence electrons. The molecular formula is C23H19N3O. The first kappa shape index (κ1) is 16.8. The number of carbonyl (C=O) groups excluding carboxylic acids is 1. The average molecular weight is 353 g/mol. The highest BCUT2D eigenvalue weighted by Crippen LogP contribution is 2.26. The predicted molar refractivity (Wildman–Crippen MR) is 109 cm³/mol. The van der Waals surface area contributed by atoms with E-state index in [4.69, 9.17) is 4.98 Å². The van der Waals surface area contributed by atoms with Crippen LogP contribution in [0.1, 0.15) is 15.9 Å². The second-order valence-corrected chi connectivity index (χ2v) is 6.34. The fourth-order valence-electron chi connectivity index (χ4n) is 3.05. The van der Waals surface area contributed by atoms with Crippen molar-refractivity contribution in [2.75, 3.05) is 5.43 Å². The van der Waals surface area contributed by atoms with Gasteiger partial charge in [0.15, 0.2) is 0 Å². The molecule has 0 saturated heterocycles. The van der Waals surface area contributed by atoms with Gasteiger partial charge in [-0.3, -0.25) is 15.6 Å². The molecule has 1 aromatic heterocycles. The SMILES string of the molecule is Cc1cccc2c(C(=O)NNc3ccccc3)cc(-c3ccccc3)nc12. The van der Waals surface area contributed by atoms with Crippen LogP contribution in [0.5, 0.6) is 0 Å². The number of fused-ring (bicyclic) bond motifs is 1. The molecular weight excluding hydrogens is 334 g/mol. The summed E-state index contributed by atoms with van der Waals surface area (Å²) in [5.41, 5.74) is 10.8. The van der Waals surface area contributed by atoms with E-state index in [-0.39, 0.29) is 5.91 Å². The van der Waals surface area contributed by atoms with Crippen LogP contribution in [-0.4, -0.2) is 10.9 Å². The van der Waals surface area contributed by atoms with E-state index in [0.29, 0.717) is 5.56 Å². The molecule has 4 nitrogen and oxygen atoms in total. The van der Waals surface area contributed by atoms with Crippen LogP contribution >= 0.6 is 0 Å². The molecule has 0 unspecified atom stereocenters. The number of anilines is 1. The quantitative estimate of drug-likeness (QED) is 0.510. The van der Waals surface area contributed by atoms with Crippen LogP contribution in [0.15, 0.2) is 84.9 Å². The molecule has 0 saturated carbocycles. The summed E-state index contributed by atoms with van der Waals surface area (Å²) in [4.78, 5) is 17.7. The van der Waals surface area contributed by atoms with E-state index in [1.54, 1.807) is 0 Å². The molecule has 0 aliphatic heterocycles. The van der Waals surface area contributed by atoms with E-state index >= 15 is 0 Å². The smallest absolute Gasteiger partial charge is 0.270 e.